The van der Waals surface area contributed by atoms with Gasteiger partial charge in [0.05, 0.1) is 23.2 Å². The molecule has 3 amide bonds. The number of methoxy groups -OCH3 is 2. The average Bonchev–Trinajstić information content (AvgIpc) is 3.08. The molecule has 1 heterocycles. The van der Waals surface area contributed by atoms with Crippen molar-refractivity contribution in [2.75, 3.05) is 20.8 Å². The van der Waals surface area contributed by atoms with E-state index < -0.39 is 53.7 Å². The lowest BCUT2D eigenvalue weighted by molar-refractivity contribution is -0.120. The van der Waals surface area contributed by atoms with Crippen molar-refractivity contribution in [1.82, 2.24) is 10.6 Å². The Labute approximate surface area is 292 Å². The van der Waals surface area contributed by atoms with Crippen molar-refractivity contribution in [3.63, 3.8) is 0 Å². The number of primary amides is 1. The molecule has 2 aliphatic rings. The number of nitrogens with zero attached hydrogens (tertiary/aromatic N) is 1. The number of amides is 3. The van der Waals surface area contributed by atoms with Crippen LogP contribution in [0.15, 0.2) is 94.0 Å². The summed E-state index contributed by atoms with van der Waals surface area (Å²) in [4.78, 5) is 71.2. The normalized spacial score (nSPS) is 27.7. The third-order valence-electron chi connectivity index (χ3n) is 8.19. The molecule has 4 N–H and O–H groups in total. The molecule has 2 bridgehead atoms. The second kappa shape index (κ2) is 18.6. The van der Waals surface area contributed by atoms with Gasteiger partial charge in [-0.3, -0.25) is 19.2 Å². The van der Waals surface area contributed by atoms with Crippen molar-refractivity contribution in [2.45, 2.75) is 65.8 Å². The van der Waals surface area contributed by atoms with E-state index >= 15 is 0 Å². The number of hydrogen-bond acceptors (Lipinski definition) is 10. The van der Waals surface area contributed by atoms with Crippen LogP contribution in [0.5, 0.6) is 0 Å². The fourth-order valence-electron chi connectivity index (χ4n) is 5.63. The highest BCUT2D eigenvalue weighted by Crippen LogP contribution is 2.28. The van der Waals surface area contributed by atoms with E-state index in [0.717, 1.165) is 6.08 Å². The van der Waals surface area contributed by atoms with Crippen molar-refractivity contribution >= 4 is 35.2 Å². The lowest BCUT2D eigenvalue weighted by Crippen LogP contribution is -2.38. The van der Waals surface area contributed by atoms with E-state index in [-0.39, 0.29) is 41.5 Å². The average molecular weight is 691 g/mol. The first-order valence-corrected chi connectivity index (χ1v) is 16.3. The van der Waals surface area contributed by atoms with Crippen molar-refractivity contribution in [3.05, 3.63) is 94.4 Å². The molecule has 1 aromatic rings. The van der Waals surface area contributed by atoms with Crippen LogP contribution in [-0.2, 0) is 33.4 Å². The standard InChI is InChI=1S/C37H46N4O9/c1-8-49-41-31-23(4)19-24(5)34(50-37(38)46)29(47-6)16-12-13-22(3)35(44)39-27-20-28(42)32(40-36(45)25-14-10-9-11-15-25)26(33(27)43)17-21(2)18-30(31)48-7/h9-16,19-21,23,29-30,34H,8,17-18H2,1-7H3,(H2,38,46)(H,39,44)(H,40,45)/b16-12-,22-13+,24-19+,41-31+/t21-,23+,29+,30+,34+/m1/s1. The molecule has 0 aromatic heterocycles. The van der Waals surface area contributed by atoms with E-state index in [0.29, 0.717) is 23.3 Å². The van der Waals surface area contributed by atoms with Gasteiger partial charge in [-0.1, -0.05) is 61.5 Å². The fourth-order valence-corrected chi connectivity index (χ4v) is 5.63. The molecule has 0 saturated carbocycles. The second-order valence-corrected chi connectivity index (χ2v) is 12.1. The van der Waals surface area contributed by atoms with Gasteiger partial charge in [0.1, 0.15) is 12.7 Å². The maximum atomic E-state index is 14.0. The van der Waals surface area contributed by atoms with Gasteiger partial charge in [-0.15, -0.1) is 0 Å². The van der Waals surface area contributed by atoms with Gasteiger partial charge in [0.25, 0.3) is 11.8 Å². The monoisotopic (exact) mass is 690 g/mol. The quantitative estimate of drug-likeness (QED) is 0.214. The van der Waals surface area contributed by atoms with E-state index in [9.17, 15) is 24.0 Å². The van der Waals surface area contributed by atoms with Crippen LogP contribution in [0, 0.1) is 11.8 Å². The second-order valence-electron chi connectivity index (χ2n) is 12.1. The zero-order valence-corrected chi connectivity index (χ0v) is 29.5. The molecule has 3 rings (SSSR count). The molecule has 1 aliphatic heterocycles. The number of ether oxygens (including phenoxy) is 3. The number of benzene rings is 1. The van der Waals surface area contributed by atoms with Crippen LogP contribution >= 0.6 is 0 Å². The molecule has 0 fully saturated rings. The molecular formula is C37H46N4O9. The van der Waals surface area contributed by atoms with E-state index in [2.05, 4.69) is 15.8 Å². The lowest BCUT2D eigenvalue weighted by atomic mass is 9.85. The minimum Gasteiger partial charge on any atom is -0.439 e. The van der Waals surface area contributed by atoms with Gasteiger partial charge in [-0.25, -0.2) is 4.79 Å². The van der Waals surface area contributed by atoms with E-state index in [4.69, 9.17) is 24.8 Å². The van der Waals surface area contributed by atoms with E-state index in [1.165, 1.54) is 27.2 Å². The van der Waals surface area contributed by atoms with Crippen LogP contribution in [0.2, 0.25) is 0 Å². The molecule has 1 aromatic carbocycles. The molecular weight excluding hydrogens is 644 g/mol. The van der Waals surface area contributed by atoms with Crippen molar-refractivity contribution in [1.29, 1.82) is 0 Å². The molecule has 0 radical (unpaired) electrons. The van der Waals surface area contributed by atoms with E-state index in [1.54, 1.807) is 56.3 Å². The Kier molecular flexibility index (Phi) is 14.6. The SMILES string of the molecule is CCO/N=C1/[C@@H](OC)C[C@H](C)CC2=C(NC(=O)c3ccccc3)C(=O)C=C(NC(=O)/C(C)=C/C=C\[C@H](OC)[C@@H](OC(N)=O)/C(C)=C/[C@@H]1C)C2=O. The zero-order chi connectivity index (χ0) is 37.0. The number of hydrogen-bond donors (Lipinski definition) is 3. The van der Waals surface area contributed by atoms with Crippen LogP contribution in [0.1, 0.15) is 57.8 Å². The molecule has 5 atom stereocenters. The van der Waals surface area contributed by atoms with Gasteiger partial charge in [-0.2, -0.15) is 0 Å². The summed E-state index contributed by atoms with van der Waals surface area (Å²) in [6, 6.07) is 8.30. The van der Waals surface area contributed by atoms with Gasteiger partial charge >= 0.3 is 6.09 Å². The number of Topliss-reactive ketones (excluding diaryl/α,β-unsaturated/α-hetero) is 1. The highest BCUT2D eigenvalue weighted by Gasteiger charge is 2.34. The van der Waals surface area contributed by atoms with Gasteiger partial charge < -0.3 is 35.4 Å². The summed E-state index contributed by atoms with van der Waals surface area (Å²) >= 11 is 0. The number of ketones is 2. The maximum Gasteiger partial charge on any atom is 0.405 e. The summed E-state index contributed by atoms with van der Waals surface area (Å²) < 4.78 is 17.0. The maximum absolute atomic E-state index is 14.0. The first kappa shape index (κ1) is 39.3. The van der Waals surface area contributed by atoms with E-state index in [1.807, 2.05) is 19.9 Å². The van der Waals surface area contributed by atoms with Gasteiger partial charge in [0.15, 0.2) is 6.10 Å². The molecule has 13 nitrogen and oxygen atoms in total. The highest BCUT2D eigenvalue weighted by molar-refractivity contribution is 6.24. The first-order valence-electron chi connectivity index (χ1n) is 16.3. The summed E-state index contributed by atoms with van der Waals surface area (Å²) in [7, 11) is 2.96. The molecule has 0 saturated heterocycles. The Morgan fingerprint density at radius 2 is 1.76 bits per heavy atom. The largest absolute Gasteiger partial charge is 0.439 e. The Bertz CT molecular complexity index is 1640. The molecule has 1 aliphatic carbocycles. The molecule has 13 heteroatoms. The van der Waals surface area contributed by atoms with Crippen molar-refractivity contribution in [2.24, 2.45) is 22.7 Å². The van der Waals surface area contributed by atoms with Gasteiger partial charge in [0, 0.05) is 42.9 Å². The summed E-state index contributed by atoms with van der Waals surface area (Å²) in [6.45, 7) is 9.12. The van der Waals surface area contributed by atoms with Crippen molar-refractivity contribution in [3.8, 4) is 0 Å². The summed E-state index contributed by atoms with van der Waals surface area (Å²) in [5, 5.41) is 9.57. The van der Waals surface area contributed by atoms with Crippen LogP contribution in [0.25, 0.3) is 0 Å². The summed E-state index contributed by atoms with van der Waals surface area (Å²) in [5.41, 5.74) is 6.70. The topological polar surface area (TPSA) is 185 Å². The van der Waals surface area contributed by atoms with Gasteiger partial charge in [0.2, 0.25) is 11.6 Å². The molecule has 50 heavy (non-hydrogen) atoms. The Morgan fingerprint density at radius 1 is 1.06 bits per heavy atom. The molecule has 0 unspecified atom stereocenters. The first-order chi connectivity index (χ1) is 23.8. The third-order valence-corrected chi connectivity index (χ3v) is 8.19. The zero-order valence-electron chi connectivity index (χ0n) is 29.5. The Balaban J connectivity index is 2.17. The number of fused-ring (bicyclic) bond motifs is 2. The van der Waals surface area contributed by atoms with Crippen LogP contribution in [0.4, 0.5) is 4.79 Å². The van der Waals surface area contributed by atoms with Crippen molar-refractivity contribution < 1.29 is 43.0 Å². The highest BCUT2D eigenvalue weighted by atomic mass is 16.6. The minimum absolute atomic E-state index is 0.0420. The number of nitrogens with one attached hydrogen (secondary N) is 2. The predicted molar refractivity (Wildman–Crippen MR) is 187 cm³/mol. The fraction of sp³-hybridized carbons (Fsp3) is 0.405. The Hall–Kier alpha value is -5.14. The number of oxime groups is 1. The summed E-state index contributed by atoms with van der Waals surface area (Å²) in [6.07, 6.45) is 4.47. The molecule has 268 valence electrons. The van der Waals surface area contributed by atoms with Crippen LogP contribution < -0.4 is 16.4 Å². The number of carbonyl (C=O) groups is 5. The number of nitrogens with two attached hydrogens (primary N) is 1. The third kappa shape index (κ3) is 10.4. The minimum atomic E-state index is -1.01. The van der Waals surface area contributed by atoms with Gasteiger partial charge in [-0.05, 0) is 57.2 Å². The number of carbonyl (C=O) groups excluding carboxylic acids is 5. The van der Waals surface area contributed by atoms with Crippen LogP contribution in [0.3, 0.4) is 0 Å². The summed E-state index contributed by atoms with van der Waals surface area (Å²) in [5.74, 6) is -3.16. The number of allylic oxidation sites excluding steroid dienone is 5. The lowest BCUT2D eigenvalue weighted by Gasteiger charge is -2.27. The smallest absolute Gasteiger partial charge is 0.405 e. The number of rotatable bonds is 7. The Morgan fingerprint density at radius 3 is 2.38 bits per heavy atom. The molecule has 0 spiro atoms. The van der Waals surface area contributed by atoms with Crippen LogP contribution in [-0.4, -0.2) is 74.3 Å². The predicted octanol–water partition coefficient (Wildman–Crippen LogP) is 4.22.